The molecule has 26 heavy (non-hydrogen) atoms. The molecule has 0 aliphatic heterocycles. The second-order valence-corrected chi connectivity index (χ2v) is 6.71. The summed E-state index contributed by atoms with van der Waals surface area (Å²) in [6.07, 6.45) is 1.20. The number of rotatable bonds is 7. The average molecular weight is 375 g/mol. The average Bonchev–Trinajstić information content (AvgIpc) is 3.06. The molecule has 0 aromatic carbocycles. The Labute approximate surface area is 154 Å². The fraction of sp³-hybridized carbons (Fsp3) is 0.389. The summed E-state index contributed by atoms with van der Waals surface area (Å²) in [5, 5.41) is 3.23. The summed E-state index contributed by atoms with van der Waals surface area (Å²) < 4.78 is 12.3. The van der Waals surface area contributed by atoms with Crippen molar-refractivity contribution in [2.75, 3.05) is 19.8 Å². The summed E-state index contributed by atoms with van der Waals surface area (Å²) in [5.74, 6) is -0.275. The van der Waals surface area contributed by atoms with Crippen LogP contribution in [0.4, 0.5) is 0 Å². The highest BCUT2D eigenvalue weighted by Crippen LogP contribution is 2.22. The van der Waals surface area contributed by atoms with Gasteiger partial charge in [0.05, 0.1) is 16.8 Å². The van der Waals surface area contributed by atoms with E-state index >= 15 is 0 Å². The van der Waals surface area contributed by atoms with Crippen molar-refractivity contribution in [2.45, 2.75) is 27.1 Å². The van der Waals surface area contributed by atoms with E-state index in [0.717, 1.165) is 5.56 Å². The molecule has 3 aromatic rings. The van der Waals surface area contributed by atoms with Gasteiger partial charge in [0.1, 0.15) is 10.5 Å². The quantitative estimate of drug-likeness (QED) is 0.641. The molecule has 0 aliphatic rings. The third kappa shape index (κ3) is 3.62. The van der Waals surface area contributed by atoms with Crippen LogP contribution in [0.1, 0.15) is 29.1 Å². The highest BCUT2D eigenvalue weighted by Gasteiger charge is 2.17. The third-order valence-electron chi connectivity index (χ3n) is 3.89. The van der Waals surface area contributed by atoms with E-state index in [4.69, 9.17) is 9.47 Å². The molecular formula is C18H21N3O4S. The third-order valence-corrected chi connectivity index (χ3v) is 4.92. The molecule has 1 amide bonds. The molecule has 1 N–H and O–H groups in total. The number of ether oxygens (including phenoxy) is 2. The zero-order valence-electron chi connectivity index (χ0n) is 14.9. The van der Waals surface area contributed by atoms with Crippen molar-refractivity contribution < 1.29 is 14.3 Å². The Hall–Kier alpha value is -2.29. The molecule has 0 spiro atoms. The number of fused-ring (bicyclic) bond motifs is 2. The monoisotopic (exact) mass is 375 g/mol. The van der Waals surface area contributed by atoms with Gasteiger partial charge in [0.25, 0.3) is 11.5 Å². The van der Waals surface area contributed by atoms with Gasteiger partial charge in [-0.2, -0.15) is 0 Å². The van der Waals surface area contributed by atoms with Crippen LogP contribution >= 0.6 is 11.3 Å². The number of aryl methyl sites for hydroxylation is 1. The first kappa shape index (κ1) is 18.5. The molecule has 0 fully saturated rings. The van der Waals surface area contributed by atoms with Crippen LogP contribution in [0.5, 0.6) is 0 Å². The first-order valence-electron chi connectivity index (χ1n) is 8.48. The standard InChI is InChI=1S/C18H21N3O4S/c1-4-24-14(25-5-2)10-19-16(22)13-9-12-17(26-13)20-15-11(3)7-6-8-21(15)18(12)23/h6-9,14H,4-5,10H2,1-3H3,(H,19,22). The summed E-state index contributed by atoms with van der Waals surface area (Å²) in [4.78, 5) is 30.7. The minimum atomic E-state index is -0.489. The number of nitrogens with zero attached hydrogens (tertiary/aromatic N) is 2. The molecule has 0 unspecified atom stereocenters. The number of carbonyl (C=O) groups is 1. The van der Waals surface area contributed by atoms with Crippen molar-refractivity contribution in [3.63, 3.8) is 0 Å². The fourth-order valence-corrected chi connectivity index (χ4v) is 3.61. The van der Waals surface area contributed by atoms with E-state index < -0.39 is 6.29 Å². The van der Waals surface area contributed by atoms with E-state index in [1.165, 1.54) is 15.7 Å². The van der Waals surface area contributed by atoms with E-state index in [9.17, 15) is 9.59 Å². The van der Waals surface area contributed by atoms with Gasteiger partial charge in [0.2, 0.25) is 0 Å². The normalized spacial score (nSPS) is 11.5. The molecule has 3 aromatic heterocycles. The number of hydrogen-bond acceptors (Lipinski definition) is 6. The number of hydrogen-bond donors (Lipinski definition) is 1. The molecule has 138 valence electrons. The number of carbonyl (C=O) groups excluding carboxylic acids is 1. The minimum Gasteiger partial charge on any atom is -0.351 e. The summed E-state index contributed by atoms with van der Waals surface area (Å²) in [7, 11) is 0. The van der Waals surface area contributed by atoms with E-state index in [1.807, 2.05) is 26.8 Å². The lowest BCUT2D eigenvalue weighted by Crippen LogP contribution is -2.35. The van der Waals surface area contributed by atoms with Crippen LogP contribution in [0.3, 0.4) is 0 Å². The van der Waals surface area contributed by atoms with Gasteiger partial charge in [-0.25, -0.2) is 4.98 Å². The van der Waals surface area contributed by atoms with Gasteiger partial charge in [-0.1, -0.05) is 6.07 Å². The van der Waals surface area contributed by atoms with Crippen molar-refractivity contribution in [1.82, 2.24) is 14.7 Å². The number of thiophene rings is 1. The second kappa shape index (κ2) is 7.94. The first-order valence-corrected chi connectivity index (χ1v) is 9.29. The van der Waals surface area contributed by atoms with Crippen LogP contribution in [-0.4, -0.2) is 41.3 Å². The molecule has 0 saturated heterocycles. The minimum absolute atomic E-state index is 0.175. The fourth-order valence-electron chi connectivity index (χ4n) is 2.67. The molecule has 7 nitrogen and oxygen atoms in total. The van der Waals surface area contributed by atoms with E-state index in [-0.39, 0.29) is 18.0 Å². The predicted molar refractivity (Wildman–Crippen MR) is 101 cm³/mol. The van der Waals surface area contributed by atoms with Gasteiger partial charge in [-0.05, 0) is 38.5 Å². The zero-order valence-corrected chi connectivity index (χ0v) is 15.8. The van der Waals surface area contributed by atoms with Crippen molar-refractivity contribution in [1.29, 1.82) is 0 Å². The van der Waals surface area contributed by atoms with Crippen molar-refractivity contribution in [2.24, 2.45) is 0 Å². The largest absolute Gasteiger partial charge is 0.351 e. The maximum Gasteiger partial charge on any atom is 0.266 e. The summed E-state index contributed by atoms with van der Waals surface area (Å²) >= 11 is 1.20. The molecule has 0 bridgehead atoms. The van der Waals surface area contributed by atoms with Gasteiger partial charge >= 0.3 is 0 Å². The van der Waals surface area contributed by atoms with E-state index in [1.54, 1.807) is 18.3 Å². The molecule has 0 saturated carbocycles. The molecule has 3 heterocycles. The van der Waals surface area contributed by atoms with Crippen molar-refractivity contribution in [3.05, 3.63) is 45.2 Å². The van der Waals surface area contributed by atoms with Gasteiger partial charge < -0.3 is 14.8 Å². The highest BCUT2D eigenvalue weighted by atomic mass is 32.1. The lowest BCUT2D eigenvalue weighted by Gasteiger charge is -2.16. The van der Waals surface area contributed by atoms with Crippen LogP contribution in [0.25, 0.3) is 15.9 Å². The topological polar surface area (TPSA) is 81.9 Å². The molecule has 0 atom stereocenters. The molecule has 8 heteroatoms. The second-order valence-electron chi connectivity index (χ2n) is 5.68. The van der Waals surface area contributed by atoms with Crippen LogP contribution in [0, 0.1) is 6.92 Å². The summed E-state index contributed by atoms with van der Waals surface area (Å²) in [5.41, 5.74) is 1.33. The van der Waals surface area contributed by atoms with Crippen LogP contribution in [-0.2, 0) is 9.47 Å². The van der Waals surface area contributed by atoms with E-state index in [0.29, 0.717) is 34.0 Å². The van der Waals surface area contributed by atoms with Gasteiger partial charge in [-0.15, -0.1) is 11.3 Å². The van der Waals surface area contributed by atoms with Crippen LogP contribution in [0.15, 0.2) is 29.2 Å². The van der Waals surface area contributed by atoms with Gasteiger partial charge in [-0.3, -0.25) is 14.0 Å². The Kier molecular flexibility index (Phi) is 5.65. The molecular weight excluding hydrogens is 354 g/mol. The van der Waals surface area contributed by atoms with E-state index in [2.05, 4.69) is 10.3 Å². The van der Waals surface area contributed by atoms with Crippen LogP contribution in [0.2, 0.25) is 0 Å². The lowest BCUT2D eigenvalue weighted by molar-refractivity contribution is -0.131. The first-order chi connectivity index (χ1) is 12.5. The molecule has 0 radical (unpaired) electrons. The Morgan fingerprint density at radius 1 is 1.35 bits per heavy atom. The molecule has 0 aliphatic carbocycles. The SMILES string of the molecule is CCOC(CNC(=O)c1cc2c(=O)n3cccc(C)c3nc2s1)OCC. The Bertz CT molecular complexity index is 989. The number of amides is 1. The van der Waals surface area contributed by atoms with Crippen LogP contribution < -0.4 is 10.9 Å². The number of pyridine rings is 1. The maximum absolute atomic E-state index is 12.7. The van der Waals surface area contributed by atoms with Crippen molar-refractivity contribution in [3.8, 4) is 0 Å². The Morgan fingerprint density at radius 3 is 2.77 bits per heavy atom. The Balaban J connectivity index is 1.88. The van der Waals surface area contributed by atoms with Gasteiger partial charge in [0.15, 0.2) is 6.29 Å². The summed E-state index contributed by atoms with van der Waals surface area (Å²) in [6.45, 7) is 6.86. The zero-order chi connectivity index (χ0) is 18.7. The predicted octanol–water partition coefficient (Wildman–Crippen LogP) is 2.35. The Morgan fingerprint density at radius 2 is 2.08 bits per heavy atom. The highest BCUT2D eigenvalue weighted by molar-refractivity contribution is 7.20. The maximum atomic E-state index is 12.7. The lowest BCUT2D eigenvalue weighted by atomic mass is 10.3. The van der Waals surface area contributed by atoms with Gasteiger partial charge in [0, 0.05) is 19.4 Å². The smallest absolute Gasteiger partial charge is 0.266 e. The molecule has 3 rings (SSSR count). The number of nitrogens with one attached hydrogen (secondary N) is 1. The van der Waals surface area contributed by atoms with Crippen molar-refractivity contribution >= 4 is 33.1 Å². The number of aromatic nitrogens is 2. The summed E-state index contributed by atoms with van der Waals surface area (Å²) in [6, 6.07) is 5.30.